The van der Waals surface area contributed by atoms with E-state index in [1.165, 1.54) is 6.07 Å². The van der Waals surface area contributed by atoms with E-state index in [0.717, 1.165) is 36.3 Å². The number of ether oxygens (including phenoxy) is 1. The van der Waals surface area contributed by atoms with Crippen LogP contribution in [-0.4, -0.2) is 29.4 Å². The molecule has 0 bridgehead atoms. The van der Waals surface area contributed by atoms with Crippen LogP contribution in [0.5, 0.6) is 5.75 Å². The Morgan fingerprint density at radius 1 is 1.28 bits per heavy atom. The lowest BCUT2D eigenvalue weighted by Crippen LogP contribution is -2.31. The largest absolute Gasteiger partial charge is 0.497 e. The zero-order chi connectivity index (χ0) is 18.0. The number of nitro groups is 1. The topological polar surface area (TPSA) is 72.7 Å². The van der Waals surface area contributed by atoms with E-state index < -0.39 is 16.6 Å². The number of likely N-dealkylation sites (tertiary alicyclic amines) is 1. The Morgan fingerprint density at radius 3 is 2.60 bits per heavy atom. The van der Waals surface area contributed by atoms with Crippen LogP contribution in [0.25, 0.3) is 0 Å². The van der Waals surface area contributed by atoms with E-state index in [2.05, 4.69) is 0 Å². The fourth-order valence-electron chi connectivity index (χ4n) is 3.13. The molecule has 0 aromatic heterocycles. The van der Waals surface area contributed by atoms with Crippen molar-refractivity contribution >= 4 is 11.6 Å². The van der Waals surface area contributed by atoms with Gasteiger partial charge in [0.25, 0.3) is 11.6 Å². The molecule has 2 aromatic rings. The van der Waals surface area contributed by atoms with Crippen LogP contribution in [0.15, 0.2) is 42.5 Å². The van der Waals surface area contributed by atoms with Crippen LogP contribution in [0, 0.1) is 15.9 Å². The molecule has 0 aliphatic carbocycles. The summed E-state index contributed by atoms with van der Waals surface area (Å²) >= 11 is 0. The minimum absolute atomic E-state index is 0.145. The lowest BCUT2D eigenvalue weighted by Gasteiger charge is -2.25. The third kappa shape index (κ3) is 3.31. The van der Waals surface area contributed by atoms with Gasteiger partial charge < -0.3 is 9.64 Å². The molecule has 0 saturated carbocycles. The zero-order valence-electron chi connectivity index (χ0n) is 13.6. The van der Waals surface area contributed by atoms with Crippen molar-refractivity contribution in [2.24, 2.45) is 0 Å². The predicted molar refractivity (Wildman–Crippen MR) is 89.1 cm³/mol. The summed E-state index contributed by atoms with van der Waals surface area (Å²) in [7, 11) is 1.58. The number of nitrogens with zero attached hydrogens (tertiary/aromatic N) is 2. The van der Waals surface area contributed by atoms with Crippen molar-refractivity contribution in [1.29, 1.82) is 0 Å². The summed E-state index contributed by atoms with van der Waals surface area (Å²) in [5, 5.41) is 10.7. The van der Waals surface area contributed by atoms with E-state index in [1.54, 1.807) is 12.0 Å². The summed E-state index contributed by atoms with van der Waals surface area (Å²) in [5.41, 5.74) is 0.433. The highest BCUT2D eigenvalue weighted by molar-refractivity contribution is 5.95. The van der Waals surface area contributed by atoms with Crippen LogP contribution in [0.4, 0.5) is 10.1 Å². The Balaban J connectivity index is 1.86. The SMILES string of the molecule is COc1ccc(C2CCCN2C(=O)c2ccc([N+](=O)[O-])cc2F)cc1. The molecule has 1 aliphatic heterocycles. The van der Waals surface area contributed by atoms with Crippen LogP contribution < -0.4 is 4.74 Å². The summed E-state index contributed by atoms with van der Waals surface area (Å²) in [4.78, 5) is 24.4. The highest BCUT2D eigenvalue weighted by atomic mass is 19.1. The molecule has 0 spiro atoms. The van der Waals surface area contributed by atoms with Gasteiger partial charge in [0.1, 0.15) is 11.6 Å². The average molecular weight is 344 g/mol. The number of non-ortho nitro benzene ring substituents is 1. The lowest BCUT2D eigenvalue weighted by atomic mass is 10.0. The van der Waals surface area contributed by atoms with Gasteiger partial charge in [0.15, 0.2) is 0 Å². The monoisotopic (exact) mass is 344 g/mol. The maximum absolute atomic E-state index is 14.2. The lowest BCUT2D eigenvalue weighted by molar-refractivity contribution is -0.385. The highest BCUT2D eigenvalue weighted by Crippen LogP contribution is 2.34. The molecule has 7 heteroatoms. The third-order valence-corrected chi connectivity index (χ3v) is 4.41. The van der Waals surface area contributed by atoms with Gasteiger partial charge in [-0.2, -0.15) is 0 Å². The first-order valence-corrected chi connectivity index (χ1v) is 7.90. The first-order chi connectivity index (χ1) is 12.0. The molecule has 1 saturated heterocycles. The van der Waals surface area contributed by atoms with Crippen molar-refractivity contribution in [3.63, 3.8) is 0 Å². The summed E-state index contributed by atoms with van der Waals surface area (Å²) in [6.07, 6.45) is 1.60. The van der Waals surface area contributed by atoms with Gasteiger partial charge in [-0.15, -0.1) is 0 Å². The quantitative estimate of drug-likeness (QED) is 0.626. The molecule has 25 heavy (non-hydrogen) atoms. The zero-order valence-corrected chi connectivity index (χ0v) is 13.6. The van der Waals surface area contributed by atoms with Gasteiger partial charge in [0.2, 0.25) is 0 Å². The Kier molecular flexibility index (Phi) is 4.65. The van der Waals surface area contributed by atoms with Crippen molar-refractivity contribution < 1.29 is 18.8 Å². The molecule has 0 N–H and O–H groups in total. The second-order valence-corrected chi connectivity index (χ2v) is 5.85. The molecule has 130 valence electrons. The maximum atomic E-state index is 14.2. The van der Waals surface area contributed by atoms with Crippen LogP contribution in [0.2, 0.25) is 0 Å². The smallest absolute Gasteiger partial charge is 0.272 e. The van der Waals surface area contributed by atoms with Gasteiger partial charge in [0.05, 0.1) is 29.7 Å². The molecule has 0 radical (unpaired) electrons. The number of halogens is 1. The Hall–Kier alpha value is -2.96. The predicted octanol–water partition coefficient (Wildman–Crippen LogP) is 3.72. The maximum Gasteiger partial charge on any atom is 0.272 e. The second-order valence-electron chi connectivity index (χ2n) is 5.85. The molecule has 1 unspecified atom stereocenters. The van der Waals surface area contributed by atoms with E-state index in [-0.39, 0.29) is 17.3 Å². The van der Waals surface area contributed by atoms with Crippen molar-refractivity contribution in [3.8, 4) is 5.75 Å². The molecular formula is C18H17FN2O4. The molecule has 3 rings (SSSR count). The number of carbonyl (C=O) groups is 1. The Bertz CT molecular complexity index is 807. The number of hydrogen-bond acceptors (Lipinski definition) is 4. The summed E-state index contributed by atoms with van der Waals surface area (Å²) in [5.74, 6) is -0.605. The van der Waals surface area contributed by atoms with E-state index in [1.807, 2.05) is 24.3 Å². The number of hydrogen-bond donors (Lipinski definition) is 0. The Labute approximate surface area is 144 Å². The van der Waals surface area contributed by atoms with Crippen molar-refractivity contribution in [2.45, 2.75) is 18.9 Å². The Morgan fingerprint density at radius 2 is 2.00 bits per heavy atom. The fourth-order valence-corrected chi connectivity index (χ4v) is 3.13. The van der Waals surface area contributed by atoms with E-state index in [4.69, 9.17) is 4.74 Å². The van der Waals surface area contributed by atoms with Gasteiger partial charge >= 0.3 is 0 Å². The minimum atomic E-state index is -0.875. The first kappa shape index (κ1) is 16.9. The number of carbonyl (C=O) groups excluding carboxylic acids is 1. The molecule has 6 nitrogen and oxygen atoms in total. The van der Waals surface area contributed by atoms with Crippen LogP contribution >= 0.6 is 0 Å². The van der Waals surface area contributed by atoms with Gasteiger partial charge in [-0.3, -0.25) is 14.9 Å². The fraction of sp³-hybridized carbons (Fsp3) is 0.278. The van der Waals surface area contributed by atoms with Crippen LogP contribution in [0.1, 0.15) is 34.8 Å². The van der Waals surface area contributed by atoms with Gasteiger partial charge in [0, 0.05) is 12.6 Å². The molecule has 1 amide bonds. The van der Waals surface area contributed by atoms with Gasteiger partial charge in [-0.1, -0.05) is 12.1 Å². The summed E-state index contributed by atoms with van der Waals surface area (Å²) in [6.45, 7) is 0.520. The number of benzene rings is 2. The summed E-state index contributed by atoms with van der Waals surface area (Å²) < 4.78 is 19.3. The van der Waals surface area contributed by atoms with Crippen molar-refractivity contribution in [2.75, 3.05) is 13.7 Å². The normalized spacial score (nSPS) is 16.7. The first-order valence-electron chi connectivity index (χ1n) is 7.90. The van der Waals surface area contributed by atoms with E-state index >= 15 is 0 Å². The van der Waals surface area contributed by atoms with Crippen molar-refractivity contribution in [1.82, 2.24) is 4.90 Å². The third-order valence-electron chi connectivity index (χ3n) is 4.41. The minimum Gasteiger partial charge on any atom is -0.497 e. The number of amides is 1. The van der Waals surface area contributed by atoms with Gasteiger partial charge in [-0.25, -0.2) is 4.39 Å². The number of nitro benzene ring substituents is 1. The summed E-state index contributed by atoms with van der Waals surface area (Å²) in [6, 6.07) is 10.4. The second kappa shape index (κ2) is 6.88. The van der Waals surface area contributed by atoms with E-state index in [0.29, 0.717) is 6.54 Å². The van der Waals surface area contributed by atoms with Crippen LogP contribution in [-0.2, 0) is 0 Å². The average Bonchev–Trinajstić information content (AvgIpc) is 3.10. The molecular weight excluding hydrogens is 327 g/mol. The van der Waals surface area contributed by atoms with Gasteiger partial charge in [-0.05, 0) is 36.6 Å². The number of methoxy groups -OCH3 is 1. The molecule has 1 heterocycles. The molecule has 1 aliphatic rings. The van der Waals surface area contributed by atoms with Crippen LogP contribution in [0.3, 0.4) is 0 Å². The molecule has 1 atom stereocenters. The number of rotatable bonds is 4. The molecule has 1 fully saturated rings. The molecule has 2 aromatic carbocycles. The highest BCUT2D eigenvalue weighted by Gasteiger charge is 2.32. The standard InChI is InChI=1S/C18H17FN2O4/c1-25-14-7-4-12(5-8-14)17-3-2-10-20(17)18(22)15-9-6-13(21(23)24)11-16(15)19/h4-9,11,17H,2-3,10H2,1H3. The van der Waals surface area contributed by atoms with E-state index in [9.17, 15) is 19.3 Å². The van der Waals surface area contributed by atoms with Crippen molar-refractivity contribution in [3.05, 3.63) is 69.5 Å².